The number of carbonyl (C=O) groups is 2. The second-order valence-corrected chi connectivity index (χ2v) is 10.3. The highest BCUT2D eigenvalue weighted by atomic mass is 16.5. The van der Waals surface area contributed by atoms with Gasteiger partial charge in [-0.1, -0.05) is 12.1 Å². The Morgan fingerprint density at radius 3 is 2.33 bits per heavy atom. The summed E-state index contributed by atoms with van der Waals surface area (Å²) in [6.07, 6.45) is 3.20. The summed E-state index contributed by atoms with van der Waals surface area (Å²) >= 11 is 0. The zero-order valence-corrected chi connectivity index (χ0v) is 21.6. The van der Waals surface area contributed by atoms with E-state index >= 15 is 0 Å². The lowest BCUT2D eigenvalue weighted by Gasteiger charge is -2.47. The number of nitrogens with zero attached hydrogens (tertiary/aromatic N) is 3. The van der Waals surface area contributed by atoms with Crippen LogP contribution in [-0.4, -0.2) is 56.3 Å². The normalized spacial score (nSPS) is 22.3. The van der Waals surface area contributed by atoms with Gasteiger partial charge in [0, 0.05) is 43.8 Å². The molecule has 2 aromatic carbocycles. The minimum Gasteiger partial charge on any atom is -0.496 e. The molecule has 36 heavy (non-hydrogen) atoms. The van der Waals surface area contributed by atoms with E-state index in [0.29, 0.717) is 6.54 Å². The number of fused-ring (bicyclic) bond motifs is 1. The Labute approximate surface area is 212 Å². The highest BCUT2D eigenvalue weighted by molar-refractivity contribution is 6.06. The van der Waals surface area contributed by atoms with Crippen LogP contribution in [0.1, 0.15) is 42.4 Å². The highest BCUT2D eigenvalue weighted by Gasteiger charge is 2.41. The molecular formula is C28H36N4O4. The fourth-order valence-corrected chi connectivity index (χ4v) is 5.82. The summed E-state index contributed by atoms with van der Waals surface area (Å²) in [5.41, 5.74) is 11.7. The molecule has 2 N–H and O–H groups in total. The van der Waals surface area contributed by atoms with Crippen LogP contribution in [0.2, 0.25) is 0 Å². The molecule has 1 saturated heterocycles. The molecular weight excluding hydrogens is 456 g/mol. The molecule has 3 aliphatic rings. The van der Waals surface area contributed by atoms with Gasteiger partial charge in [0.05, 0.1) is 36.8 Å². The number of benzene rings is 2. The molecule has 0 aromatic heterocycles. The molecule has 192 valence electrons. The second kappa shape index (κ2) is 9.65. The molecule has 0 spiro atoms. The average Bonchev–Trinajstić information content (AvgIpc) is 2.85. The van der Waals surface area contributed by atoms with Gasteiger partial charge in [0.2, 0.25) is 5.91 Å². The number of urea groups is 1. The number of rotatable bonds is 6. The van der Waals surface area contributed by atoms with Gasteiger partial charge < -0.3 is 25.0 Å². The lowest BCUT2D eigenvalue weighted by atomic mass is 9.84. The van der Waals surface area contributed by atoms with Crippen LogP contribution in [0.25, 0.3) is 0 Å². The van der Waals surface area contributed by atoms with Crippen LogP contribution >= 0.6 is 0 Å². The van der Waals surface area contributed by atoms with Gasteiger partial charge >= 0.3 is 6.03 Å². The monoisotopic (exact) mass is 492 g/mol. The Morgan fingerprint density at radius 2 is 1.69 bits per heavy atom. The molecule has 1 aliphatic carbocycles. The van der Waals surface area contributed by atoms with Gasteiger partial charge in [0.25, 0.3) is 0 Å². The second-order valence-electron chi connectivity index (χ2n) is 10.3. The Bertz CT molecular complexity index is 1170. The van der Waals surface area contributed by atoms with Crippen molar-refractivity contribution in [2.45, 2.75) is 58.2 Å². The molecule has 5 rings (SSSR count). The smallest absolute Gasteiger partial charge is 0.329 e. The number of anilines is 3. The third-order valence-corrected chi connectivity index (χ3v) is 8.20. The molecule has 0 atom stereocenters. The van der Waals surface area contributed by atoms with E-state index in [0.717, 1.165) is 78.3 Å². The first-order valence-electron chi connectivity index (χ1n) is 12.8. The number of primary amides is 1. The summed E-state index contributed by atoms with van der Waals surface area (Å²) in [5.74, 6) is 0.416. The van der Waals surface area contributed by atoms with Gasteiger partial charge in [0.1, 0.15) is 5.75 Å². The molecule has 8 heteroatoms. The summed E-state index contributed by atoms with van der Waals surface area (Å²) in [4.78, 5) is 32.1. The molecule has 2 aromatic rings. The summed E-state index contributed by atoms with van der Waals surface area (Å²) in [6, 6.07) is 10.3. The number of hydrogen-bond acceptors (Lipinski definition) is 5. The third-order valence-electron chi connectivity index (χ3n) is 8.20. The zero-order chi connectivity index (χ0) is 25.6. The van der Waals surface area contributed by atoms with E-state index in [1.165, 1.54) is 0 Å². The van der Waals surface area contributed by atoms with Crippen molar-refractivity contribution in [1.82, 2.24) is 4.90 Å². The predicted octanol–water partition coefficient (Wildman–Crippen LogP) is 4.26. The number of hydrogen-bond donors (Lipinski definition) is 1. The fraction of sp³-hybridized carbons (Fsp3) is 0.500. The summed E-state index contributed by atoms with van der Waals surface area (Å²) in [7, 11) is 3.40. The first-order chi connectivity index (χ1) is 17.3. The maximum absolute atomic E-state index is 14.3. The first-order valence-corrected chi connectivity index (χ1v) is 12.8. The van der Waals surface area contributed by atoms with Crippen molar-refractivity contribution >= 4 is 29.0 Å². The van der Waals surface area contributed by atoms with Gasteiger partial charge in [-0.25, -0.2) is 4.79 Å². The largest absolute Gasteiger partial charge is 0.496 e. The van der Waals surface area contributed by atoms with Crippen LogP contribution in [0.4, 0.5) is 21.9 Å². The van der Waals surface area contributed by atoms with Crippen molar-refractivity contribution in [3.8, 4) is 5.75 Å². The standard InChI is InChI=1S/C28H36N4O4/c1-17-6-12-24(30-14-22(15-30)35-3)26-23(17)16-31(20-10-7-19(8-11-20)27(29)33)28(34)32(26)21-9-5-18(2)25(13-21)36-4/h5-6,9,12-13,19-20,22H,7-8,10-11,14-16H2,1-4H3,(H2,29,33). The number of nitrogens with two attached hydrogens (primary N) is 1. The minimum absolute atomic E-state index is 0.0356. The van der Waals surface area contributed by atoms with E-state index < -0.39 is 0 Å². The van der Waals surface area contributed by atoms with E-state index in [9.17, 15) is 9.59 Å². The first kappa shape index (κ1) is 24.4. The lowest BCUT2D eigenvalue weighted by molar-refractivity contribution is -0.123. The van der Waals surface area contributed by atoms with Gasteiger partial charge in [-0.15, -0.1) is 0 Å². The summed E-state index contributed by atoms with van der Waals surface area (Å²) in [5, 5.41) is 0. The van der Waals surface area contributed by atoms with E-state index in [-0.39, 0.29) is 30.0 Å². The number of methoxy groups -OCH3 is 2. The molecule has 3 amide bonds. The topological polar surface area (TPSA) is 88.3 Å². The quantitative estimate of drug-likeness (QED) is 0.651. The molecule has 0 radical (unpaired) electrons. The third kappa shape index (κ3) is 4.17. The Morgan fingerprint density at radius 1 is 1.00 bits per heavy atom. The van der Waals surface area contributed by atoms with Crippen molar-refractivity contribution in [1.29, 1.82) is 0 Å². The molecule has 0 bridgehead atoms. The highest BCUT2D eigenvalue weighted by Crippen LogP contribution is 2.46. The van der Waals surface area contributed by atoms with E-state index in [2.05, 4.69) is 24.0 Å². The zero-order valence-electron chi connectivity index (χ0n) is 21.6. The fourth-order valence-electron chi connectivity index (χ4n) is 5.82. The van der Waals surface area contributed by atoms with Crippen molar-refractivity contribution in [2.75, 3.05) is 37.1 Å². The SMILES string of the molecule is COc1cc(N2C(=O)N(C3CCC(C(N)=O)CC3)Cc3c(C)ccc(N4CC(OC)C4)c32)ccc1C. The summed E-state index contributed by atoms with van der Waals surface area (Å²) in [6.45, 7) is 6.26. The van der Waals surface area contributed by atoms with Crippen molar-refractivity contribution in [3.05, 3.63) is 47.0 Å². The maximum atomic E-state index is 14.3. The van der Waals surface area contributed by atoms with Crippen LogP contribution in [0.5, 0.6) is 5.75 Å². The number of amides is 3. The molecule has 2 aliphatic heterocycles. The van der Waals surface area contributed by atoms with Crippen molar-refractivity contribution in [3.63, 3.8) is 0 Å². The number of carbonyl (C=O) groups excluding carboxylic acids is 2. The van der Waals surface area contributed by atoms with Gasteiger partial charge in [-0.05, 0) is 62.8 Å². The Kier molecular flexibility index (Phi) is 6.55. The van der Waals surface area contributed by atoms with E-state index in [1.54, 1.807) is 14.2 Å². The lowest BCUT2D eigenvalue weighted by Crippen LogP contribution is -2.54. The van der Waals surface area contributed by atoms with Gasteiger partial charge in [-0.2, -0.15) is 0 Å². The van der Waals surface area contributed by atoms with Gasteiger partial charge in [-0.3, -0.25) is 9.69 Å². The molecule has 0 unspecified atom stereocenters. The molecule has 1 saturated carbocycles. The number of ether oxygens (including phenoxy) is 2. The van der Waals surface area contributed by atoms with Crippen LogP contribution < -0.4 is 20.3 Å². The summed E-state index contributed by atoms with van der Waals surface area (Å²) < 4.78 is 11.1. The van der Waals surface area contributed by atoms with E-state index in [1.807, 2.05) is 34.9 Å². The van der Waals surface area contributed by atoms with E-state index in [4.69, 9.17) is 15.2 Å². The maximum Gasteiger partial charge on any atom is 0.329 e. The number of aryl methyl sites for hydroxylation is 2. The molecule has 2 fully saturated rings. The van der Waals surface area contributed by atoms with Crippen LogP contribution in [-0.2, 0) is 16.1 Å². The predicted molar refractivity (Wildman–Crippen MR) is 140 cm³/mol. The Hall–Kier alpha value is -3.26. The molecule has 8 nitrogen and oxygen atoms in total. The van der Waals surface area contributed by atoms with Crippen LogP contribution in [0.3, 0.4) is 0 Å². The van der Waals surface area contributed by atoms with Crippen molar-refractivity contribution < 1.29 is 19.1 Å². The van der Waals surface area contributed by atoms with Crippen LogP contribution in [0, 0.1) is 19.8 Å². The molecule has 2 heterocycles. The average molecular weight is 493 g/mol. The Balaban J connectivity index is 1.58. The van der Waals surface area contributed by atoms with Crippen molar-refractivity contribution in [2.24, 2.45) is 11.7 Å². The van der Waals surface area contributed by atoms with Crippen LogP contribution in [0.15, 0.2) is 30.3 Å². The van der Waals surface area contributed by atoms with Gasteiger partial charge in [0.15, 0.2) is 0 Å². The minimum atomic E-state index is -0.235.